The van der Waals surface area contributed by atoms with Crippen LogP contribution in [0.5, 0.6) is 0 Å². The normalized spacial score (nSPS) is 10.0. The molecule has 0 bridgehead atoms. The van der Waals surface area contributed by atoms with Crippen LogP contribution in [-0.2, 0) is 12.8 Å². The lowest BCUT2D eigenvalue weighted by molar-refractivity contribution is 0.0696. The topological polar surface area (TPSA) is 50.2 Å². The standard InChI is InChI=1S/C12H17NO2.ClH/c1-4-10-6-9(12(14)15)7-11(13-10)5-8(2)3;/h6-8H,4-5H2,1-3H3,(H,14,15);1H. The van der Waals surface area contributed by atoms with Crippen LogP contribution in [0.4, 0.5) is 0 Å². The molecular formula is C12H18ClNO2. The Labute approximate surface area is 102 Å². The number of pyridine rings is 1. The molecule has 4 heteroatoms. The first-order valence-corrected chi connectivity index (χ1v) is 5.26. The van der Waals surface area contributed by atoms with E-state index in [1.165, 1.54) is 0 Å². The van der Waals surface area contributed by atoms with Gasteiger partial charge in [0, 0.05) is 11.4 Å². The van der Waals surface area contributed by atoms with Crippen LogP contribution in [-0.4, -0.2) is 16.1 Å². The van der Waals surface area contributed by atoms with Crippen molar-refractivity contribution in [3.63, 3.8) is 0 Å². The lowest BCUT2D eigenvalue weighted by Crippen LogP contribution is -2.05. The van der Waals surface area contributed by atoms with E-state index in [4.69, 9.17) is 5.11 Å². The van der Waals surface area contributed by atoms with Crippen LogP contribution < -0.4 is 0 Å². The molecule has 1 N–H and O–H groups in total. The van der Waals surface area contributed by atoms with E-state index in [9.17, 15) is 4.79 Å². The van der Waals surface area contributed by atoms with Crippen LogP contribution in [0.15, 0.2) is 12.1 Å². The van der Waals surface area contributed by atoms with Crippen molar-refractivity contribution in [3.8, 4) is 0 Å². The maximum Gasteiger partial charge on any atom is 0.335 e. The average Bonchev–Trinajstić information content (AvgIpc) is 2.16. The van der Waals surface area contributed by atoms with Crippen molar-refractivity contribution in [1.29, 1.82) is 0 Å². The minimum absolute atomic E-state index is 0. The predicted octanol–water partition coefficient (Wildman–Crippen LogP) is 2.96. The number of hydrogen-bond acceptors (Lipinski definition) is 2. The lowest BCUT2D eigenvalue weighted by Gasteiger charge is -2.07. The quantitative estimate of drug-likeness (QED) is 0.885. The van der Waals surface area contributed by atoms with E-state index in [0.29, 0.717) is 11.5 Å². The maximum absolute atomic E-state index is 10.9. The molecule has 0 unspecified atom stereocenters. The second-order valence-electron chi connectivity index (χ2n) is 4.10. The molecule has 0 aliphatic heterocycles. The van der Waals surface area contributed by atoms with Gasteiger partial charge in [-0.2, -0.15) is 0 Å². The molecular weight excluding hydrogens is 226 g/mol. The Balaban J connectivity index is 0.00000225. The number of aromatic nitrogens is 1. The molecule has 90 valence electrons. The van der Waals surface area contributed by atoms with Crippen molar-refractivity contribution in [2.24, 2.45) is 5.92 Å². The van der Waals surface area contributed by atoms with E-state index in [0.717, 1.165) is 24.2 Å². The highest BCUT2D eigenvalue weighted by molar-refractivity contribution is 5.87. The van der Waals surface area contributed by atoms with Gasteiger partial charge in [0.25, 0.3) is 0 Å². The Bertz CT molecular complexity index is 364. The highest BCUT2D eigenvalue weighted by Gasteiger charge is 2.08. The van der Waals surface area contributed by atoms with Gasteiger partial charge in [-0.05, 0) is 30.9 Å². The summed E-state index contributed by atoms with van der Waals surface area (Å²) < 4.78 is 0. The largest absolute Gasteiger partial charge is 0.478 e. The Kier molecular flexibility index (Phi) is 6.04. The van der Waals surface area contributed by atoms with Crippen molar-refractivity contribution in [1.82, 2.24) is 4.98 Å². The molecule has 16 heavy (non-hydrogen) atoms. The van der Waals surface area contributed by atoms with Crippen LogP contribution in [0.1, 0.15) is 42.5 Å². The van der Waals surface area contributed by atoms with Crippen LogP contribution in [0.25, 0.3) is 0 Å². The summed E-state index contributed by atoms with van der Waals surface area (Å²) in [7, 11) is 0. The molecule has 0 atom stereocenters. The van der Waals surface area contributed by atoms with E-state index in [2.05, 4.69) is 18.8 Å². The second-order valence-corrected chi connectivity index (χ2v) is 4.10. The minimum atomic E-state index is -0.878. The first-order valence-electron chi connectivity index (χ1n) is 5.26. The zero-order valence-electron chi connectivity index (χ0n) is 9.86. The smallest absolute Gasteiger partial charge is 0.335 e. The van der Waals surface area contributed by atoms with Gasteiger partial charge in [0.1, 0.15) is 0 Å². The summed E-state index contributed by atoms with van der Waals surface area (Å²) in [5.74, 6) is -0.386. The molecule has 1 aromatic heterocycles. The minimum Gasteiger partial charge on any atom is -0.478 e. The number of carboxylic acids is 1. The molecule has 0 aromatic carbocycles. The summed E-state index contributed by atoms with van der Waals surface area (Å²) in [6, 6.07) is 3.31. The van der Waals surface area contributed by atoms with Crippen LogP contribution in [0.3, 0.4) is 0 Å². The third kappa shape index (κ3) is 4.19. The molecule has 0 radical (unpaired) electrons. The third-order valence-electron chi connectivity index (χ3n) is 2.16. The van der Waals surface area contributed by atoms with Gasteiger partial charge in [0.2, 0.25) is 0 Å². The predicted molar refractivity (Wildman–Crippen MR) is 66.4 cm³/mol. The van der Waals surface area contributed by atoms with Gasteiger partial charge in [0.15, 0.2) is 0 Å². The fourth-order valence-electron chi connectivity index (χ4n) is 1.48. The zero-order chi connectivity index (χ0) is 11.4. The van der Waals surface area contributed by atoms with Crippen LogP contribution in [0, 0.1) is 5.92 Å². The molecule has 0 aliphatic rings. The van der Waals surface area contributed by atoms with Crippen molar-refractivity contribution in [2.45, 2.75) is 33.6 Å². The van der Waals surface area contributed by atoms with Gasteiger partial charge in [-0.3, -0.25) is 4.98 Å². The van der Waals surface area contributed by atoms with Crippen molar-refractivity contribution >= 4 is 18.4 Å². The molecule has 1 heterocycles. The molecule has 1 rings (SSSR count). The maximum atomic E-state index is 10.9. The van der Waals surface area contributed by atoms with E-state index >= 15 is 0 Å². The molecule has 0 amide bonds. The fourth-order valence-corrected chi connectivity index (χ4v) is 1.48. The average molecular weight is 244 g/mol. The summed E-state index contributed by atoms with van der Waals surface area (Å²) in [5, 5.41) is 8.94. The number of hydrogen-bond donors (Lipinski definition) is 1. The first-order chi connectivity index (χ1) is 7.02. The second kappa shape index (κ2) is 6.48. The summed E-state index contributed by atoms with van der Waals surface area (Å²) in [5.41, 5.74) is 2.07. The molecule has 0 saturated carbocycles. The molecule has 3 nitrogen and oxygen atoms in total. The van der Waals surface area contributed by atoms with E-state index < -0.39 is 5.97 Å². The number of nitrogens with zero attached hydrogens (tertiary/aromatic N) is 1. The Morgan fingerprint density at radius 2 is 1.94 bits per heavy atom. The molecule has 0 spiro atoms. The number of aryl methyl sites for hydroxylation is 1. The number of halogens is 1. The van der Waals surface area contributed by atoms with Gasteiger partial charge in [-0.1, -0.05) is 20.8 Å². The van der Waals surface area contributed by atoms with Crippen LogP contribution in [0.2, 0.25) is 0 Å². The Morgan fingerprint density at radius 1 is 1.38 bits per heavy atom. The number of carboxylic acid groups (broad SMARTS) is 1. The fraction of sp³-hybridized carbons (Fsp3) is 0.500. The number of carbonyl (C=O) groups is 1. The van der Waals surface area contributed by atoms with Gasteiger partial charge in [-0.15, -0.1) is 12.4 Å². The molecule has 0 saturated heterocycles. The summed E-state index contributed by atoms with van der Waals surface area (Å²) in [4.78, 5) is 15.3. The monoisotopic (exact) mass is 243 g/mol. The van der Waals surface area contributed by atoms with Gasteiger partial charge < -0.3 is 5.11 Å². The highest BCUT2D eigenvalue weighted by Crippen LogP contribution is 2.11. The zero-order valence-corrected chi connectivity index (χ0v) is 10.7. The molecule has 0 aliphatic carbocycles. The number of rotatable bonds is 4. The van der Waals surface area contributed by atoms with Gasteiger partial charge in [0.05, 0.1) is 5.56 Å². The van der Waals surface area contributed by atoms with Gasteiger partial charge in [-0.25, -0.2) is 4.79 Å². The Morgan fingerprint density at radius 3 is 2.38 bits per heavy atom. The SMILES string of the molecule is CCc1cc(C(=O)O)cc(CC(C)C)n1.Cl. The summed E-state index contributed by atoms with van der Waals surface area (Å²) in [6.45, 7) is 6.18. The highest BCUT2D eigenvalue weighted by atomic mass is 35.5. The third-order valence-corrected chi connectivity index (χ3v) is 2.16. The van der Waals surface area contributed by atoms with Crippen molar-refractivity contribution in [3.05, 3.63) is 29.1 Å². The van der Waals surface area contributed by atoms with Crippen molar-refractivity contribution in [2.75, 3.05) is 0 Å². The number of aromatic carboxylic acids is 1. The van der Waals surface area contributed by atoms with E-state index in [1.54, 1.807) is 12.1 Å². The van der Waals surface area contributed by atoms with Crippen LogP contribution >= 0.6 is 12.4 Å². The molecule has 0 fully saturated rings. The molecule has 1 aromatic rings. The summed E-state index contributed by atoms with van der Waals surface area (Å²) >= 11 is 0. The van der Waals surface area contributed by atoms with E-state index in [1.807, 2.05) is 6.92 Å². The van der Waals surface area contributed by atoms with Gasteiger partial charge >= 0.3 is 5.97 Å². The van der Waals surface area contributed by atoms with Crippen molar-refractivity contribution < 1.29 is 9.90 Å². The first kappa shape index (κ1) is 14.9. The Hall–Kier alpha value is -1.09. The van der Waals surface area contributed by atoms with E-state index in [-0.39, 0.29) is 12.4 Å². The lowest BCUT2D eigenvalue weighted by atomic mass is 10.0. The summed E-state index contributed by atoms with van der Waals surface area (Å²) in [6.07, 6.45) is 1.60.